The third kappa shape index (κ3) is 6.84. The number of primary amides is 1. The average molecular weight is 560 g/mol. The lowest BCUT2D eigenvalue weighted by molar-refractivity contribution is -0.129. The van der Waals surface area contributed by atoms with Crippen molar-refractivity contribution in [2.45, 2.75) is 56.8 Å². The molecule has 8 nitrogen and oxygen atoms in total. The molecule has 6 N–H and O–H groups in total. The Labute approximate surface area is 239 Å². The maximum atomic E-state index is 13.9. The van der Waals surface area contributed by atoms with Crippen molar-refractivity contribution in [2.75, 3.05) is 11.2 Å². The van der Waals surface area contributed by atoms with Crippen LogP contribution in [0.15, 0.2) is 71.6 Å². The Bertz CT molecular complexity index is 1380. The van der Waals surface area contributed by atoms with Gasteiger partial charge in [0.15, 0.2) is 0 Å². The van der Waals surface area contributed by atoms with Gasteiger partial charge in [0.2, 0.25) is 11.8 Å². The Morgan fingerprint density at radius 2 is 1.80 bits per heavy atom. The smallest absolute Gasteiger partial charge is 0.312 e. The minimum absolute atomic E-state index is 0.0338. The zero-order valence-corrected chi connectivity index (χ0v) is 24.0. The van der Waals surface area contributed by atoms with E-state index in [1.54, 1.807) is 16.7 Å². The summed E-state index contributed by atoms with van der Waals surface area (Å²) in [5.41, 5.74) is 17.2. The van der Waals surface area contributed by atoms with Crippen molar-refractivity contribution in [3.8, 4) is 11.1 Å². The Morgan fingerprint density at radius 1 is 1.07 bits per heavy atom. The van der Waals surface area contributed by atoms with Gasteiger partial charge in [0.1, 0.15) is 6.04 Å². The van der Waals surface area contributed by atoms with Crippen LogP contribution >= 0.6 is 11.8 Å². The number of rotatable bonds is 9. The first-order valence-corrected chi connectivity index (χ1v) is 14.6. The topological polar surface area (TPSA) is 131 Å². The Morgan fingerprint density at radius 3 is 2.48 bits per heavy atom. The molecular weight excluding hydrogens is 522 g/mol. The summed E-state index contributed by atoms with van der Waals surface area (Å²) in [6, 6.07) is 20.1. The van der Waals surface area contributed by atoms with Gasteiger partial charge in [-0.2, -0.15) is 0 Å². The Hall–Kier alpha value is -3.82. The van der Waals surface area contributed by atoms with Crippen molar-refractivity contribution in [3.63, 3.8) is 0 Å². The third-order valence-electron chi connectivity index (χ3n) is 7.26. The number of carbonyl (C=O) groups excluding carboxylic acids is 3. The number of hydrogen-bond acceptors (Lipinski definition) is 5. The normalized spacial score (nSPS) is 15.8. The Balaban J connectivity index is 1.61. The number of fused-ring (bicyclic) bond motifs is 1. The maximum Gasteiger partial charge on any atom is 0.312 e. The lowest BCUT2D eigenvalue weighted by atomic mass is 9.98. The lowest BCUT2D eigenvalue weighted by Gasteiger charge is -2.27. The standard InChI is InChI=1S/C31H37N5O3S/c1-19(2)28(32)29(37)35-26-14-12-22-16-24(40-3)13-15-27(22)36(30(26)38)18-20-8-10-21(11-9-20)25-7-5-4-6-23(25)17-34-31(33)39/h4-11,13,15-16,19,26,28H,12,14,17-18,32H2,1-3H3,(H,35,37)(H3,33,34,39)/t26-,28?/m1/s1. The molecule has 1 unspecified atom stereocenters. The molecule has 0 spiro atoms. The second-order valence-corrected chi connectivity index (χ2v) is 11.2. The first-order valence-electron chi connectivity index (χ1n) is 13.4. The fraction of sp³-hybridized carbons (Fsp3) is 0.323. The number of amides is 4. The quantitative estimate of drug-likeness (QED) is 0.292. The van der Waals surface area contributed by atoms with Crippen molar-refractivity contribution in [3.05, 3.63) is 83.4 Å². The van der Waals surface area contributed by atoms with Crippen LogP contribution in [0.1, 0.15) is 37.0 Å². The first-order chi connectivity index (χ1) is 19.2. The molecule has 0 saturated carbocycles. The first kappa shape index (κ1) is 29.2. The van der Waals surface area contributed by atoms with Crippen molar-refractivity contribution in [1.82, 2.24) is 10.6 Å². The van der Waals surface area contributed by atoms with Gasteiger partial charge in [-0.05, 0) is 71.0 Å². The van der Waals surface area contributed by atoms with Crippen molar-refractivity contribution in [1.29, 1.82) is 0 Å². The van der Waals surface area contributed by atoms with Crippen LogP contribution in [0, 0.1) is 5.92 Å². The molecule has 0 radical (unpaired) electrons. The fourth-order valence-corrected chi connectivity index (χ4v) is 5.33. The number of nitrogens with two attached hydrogens (primary N) is 2. The molecule has 0 aromatic heterocycles. The van der Waals surface area contributed by atoms with Gasteiger partial charge in [-0.3, -0.25) is 9.59 Å². The van der Waals surface area contributed by atoms with E-state index in [2.05, 4.69) is 16.7 Å². The van der Waals surface area contributed by atoms with E-state index in [0.717, 1.165) is 38.4 Å². The lowest BCUT2D eigenvalue weighted by Crippen LogP contribution is -2.53. The van der Waals surface area contributed by atoms with Gasteiger partial charge in [0, 0.05) is 17.1 Å². The molecular formula is C31H37N5O3S. The SMILES string of the molecule is CSc1ccc2c(c1)CC[C@@H](NC(=O)C(N)C(C)C)C(=O)N2Cc1ccc(-c2ccccc2CNC(N)=O)cc1. The zero-order valence-electron chi connectivity index (χ0n) is 23.1. The molecule has 0 fully saturated rings. The fourth-order valence-electron chi connectivity index (χ4n) is 4.86. The highest BCUT2D eigenvalue weighted by molar-refractivity contribution is 7.98. The molecule has 1 heterocycles. The van der Waals surface area contributed by atoms with E-state index in [-0.39, 0.29) is 17.7 Å². The number of anilines is 1. The van der Waals surface area contributed by atoms with Crippen LogP contribution in [0.25, 0.3) is 11.1 Å². The number of benzene rings is 3. The summed E-state index contributed by atoms with van der Waals surface area (Å²) in [6.45, 7) is 4.47. The van der Waals surface area contributed by atoms with E-state index in [1.807, 2.05) is 80.8 Å². The minimum atomic E-state index is -0.677. The van der Waals surface area contributed by atoms with Crippen LogP contribution in [0.3, 0.4) is 0 Å². The predicted molar refractivity (Wildman–Crippen MR) is 161 cm³/mol. The van der Waals surface area contributed by atoms with Crippen molar-refractivity contribution >= 4 is 35.3 Å². The van der Waals surface area contributed by atoms with E-state index < -0.39 is 18.1 Å². The van der Waals surface area contributed by atoms with Gasteiger partial charge < -0.3 is 27.0 Å². The van der Waals surface area contributed by atoms with Crippen molar-refractivity contribution in [2.24, 2.45) is 17.4 Å². The molecule has 0 aliphatic carbocycles. The molecule has 40 heavy (non-hydrogen) atoms. The van der Waals surface area contributed by atoms with Gasteiger partial charge in [0.05, 0.1) is 12.6 Å². The van der Waals surface area contributed by atoms with Gasteiger partial charge in [-0.15, -0.1) is 11.8 Å². The predicted octanol–water partition coefficient (Wildman–Crippen LogP) is 4.19. The number of hydrogen-bond donors (Lipinski definition) is 4. The molecule has 3 aromatic rings. The van der Waals surface area contributed by atoms with E-state index in [1.165, 1.54) is 0 Å². The molecule has 0 bridgehead atoms. The van der Waals surface area contributed by atoms with E-state index in [4.69, 9.17) is 11.5 Å². The van der Waals surface area contributed by atoms with Crippen LogP contribution in [0.4, 0.5) is 10.5 Å². The number of nitrogens with one attached hydrogen (secondary N) is 2. The molecule has 3 aromatic carbocycles. The summed E-state index contributed by atoms with van der Waals surface area (Å²) >= 11 is 1.66. The van der Waals surface area contributed by atoms with Crippen LogP contribution in [0.5, 0.6) is 0 Å². The number of nitrogens with zero attached hydrogens (tertiary/aromatic N) is 1. The second-order valence-electron chi connectivity index (χ2n) is 10.4. The summed E-state index contributed by atoms with van der Waals surface area (Å²) in [7, 11) is 0. The number of aryl methyl sites for hydroxylation is 1. The summed E-state index contributed by atoms with van der Waals surface area (Å²) in [4.78, 5) is 40.8. The molecule has 1 aliphatic rings. The van der Waals surface area contributed by atoms with Gasteiger partial charge in [0.25, 0.3) is 0 Å². The summed E-state index contributed by atoms with van der Waals surface area (Å²) in [5.74, 6) is -0.488. The molecule has 9 heteroatoms. The summed E-state index contributed by atoms with van der Waals surface area (Å²) < 4.78 is 0. The highest BCUT2D eigenvalue weighted by Crippen LogP contribution is 2.32. The highest BCUT2D eigenvalue weighted by atomic mass is 32.2. The van der Waals surface area contributed by atoms with Gasteiger partial charge >= 0.3 is 6.03 Å². The van der Waals surface area contributed by atoms with Crippen molar-refractivity contribution < 1.29 is 14.4 Å². The number of carbonyl (C=O) groups is 3. The minimum Gasteiger partial charge on any atom is -0.352 e. The largest absolute Gasteiger partial charge is 0.352 e. The molecule has 1 aliphatic heterocycles. The van der Waals surface area contributed by atoms with Crippen LogP contribution in [-0.4, -0.2) is 36.2 Å². The highest BCUT2D eigenvalue weighted by Gasteiger charge is 2.33. The molecule has 4 rings (SSSR count). The third-order valence-corrected chi connectivity index (χ3v) is 7.98. The van der Waals surface area contributed by atoms with Crippen LogP contribution in [0.2, 0.25) is 0 Å². The maximum absolute atomic E-state index is 13.9. The molecule has 4 amide bonds. The zero-order chi connectivity index (χ0) is 28.8. The molecule has 0 saturated heterocycles. The molecule has 210 valence electrons. The second kappa shape index (κ2) is 13.0. The number of thioether (sulfide) groups is 1. The summed E-state index contributed by atoms with van der Waals surface area (Å²) in [6.07, 6.45) is 3.20. The van der Waals surface area contributed by atoms with E-state index in [0.29, 0.717) is 25.9 Å². The van der Waals surface area contributed by atoms with E-state index >= 15 is 0 Å². The molecule has 2 atom stereocenters. The number of urea groups is 1. The monoisotopic (exact) mass is 559 g/mol. The average Bonchev–Trinajstić information content (AvgIpc) is 3.08. The Kier molecular flexibility index (Phi) is 9.50. The summed E-state index contributed by atoms with van der Waals surface area (Å²) in [5, 5.41) is 5.58. The van der Waals surface area contributed by atoms with Gasteiger partial charge in [-0.25, -0.2) is 4.79 Å². The van der Waals surface area contributed by atoms with Crippen LogP contribution in [-0.2, 0) is 29.1 Å². The van der Waals surface area contributed by atoms with Gasteiger partial charge in [-0.1, -0.05) is 62.4 Å². The van der Waals surface area contributed by atoms with E-state index in [9.17, 15) is 14.4 Å². The van der Waals surface area contributed by atoms with Crippen LogP contribution < -0.4 is 27.0 Å².